The average Bonchev–Trinajstić information content (AvgIpc) is 2.45. The number of unbranched alkanes of at least 4 members (excludes halogenated alkanes) is 3. The summed E-state index contributed by atoms with van der Waals surface area (Å²) in [6.45, 7) is 8.01. The largest absolute Gasteiger partial charge is 0.508 e. The van der Waals surface area contributed by atoms with Gasteiger partial charge in [-0.1, -0.05) is 51.7 Å². The summed E-state index contributed by atoms with van der Waals surface area (Å²) in [6, 6.07) is 8.12. The summed E-state index contributed by atoms with van der Waals surface area (Å²) >= 11 is 0. The molecule has 0 spiro atoms. The molecule has 0 aliphatic carbocycles. The van der Waals surface area contributed by atoms with E-state index in [1.807, 2.05) is 12.1 Å². The number of aromatic hydroxyl groups is 1. The minimum atomic E-state index is 0.349. The van der Waals surface area contributed by atoms with Crippen molar-refractivity contribution in [3.05, 3.63) is 29.8 Å². The third-order valence-corrected chi connectivity index (χ3v) is 4.00. The van der Waals surface area contributed by atoms with Crippen molar-refractivity contribution in [2.75, 3.05) is 6.54 Å². The molecular formula is C19H33NO. The Balaban J connectivity index is 1.98. The van der Waals surface area contributed by atoms with Crippen molar-refractivity contribution in [1.82, 2.24) is 5.32 Å². The Morgan fingerprint density at radius 2 is 1.57 bits per heavy atom. The van der Waals surface area contributed by atoms with Crippen LogP contribution in [0.25, 0.3) is 0 Å². The van der Waals surface area contributed by atoms with Crippen LogP contribution in [0.3, 0.4) is 0 Å². The van der Waals surface area contributed by atoms with Gasteiger partial charge in [-0.15, -0.1) is 0 Å². The average molecular weight is 291 g/mol. The molecule has 0 bridgehead atoms. The molecule has 2 heteroatoms. The van der Waals surface area contributed by atoms with E-state index in [9.17, 15) is 5.11 Å². The normalized spacial score (nSPS) is 12.8. The van der Waals surface area contributed by atoms with Crippen LogP contribution in [0.5, 0.6) is 5.75 Å². The van der Waals surface area contributed by atoms with Gasteiger partial charge in [-0.05, 0) is 56.3 Å². The van der Waals surface area contributed by atoms with Crippen LogP contribution in [0, 0.1) is 5.92 Å². The van der Waals surface area contributed by atoms with Crippen LogP contribution in [0.15, 0.2) is 24.3 Å². The molecule has 0 aliphatic heterocycles. The van der Waals surface area contributed by atoms with E-state index in [2.05, 4.69) is 26.1 Å². The number of benzene rings is 1. The molecule has 1 aromatic carbocycles. The number of hydrogen-bond donors (Lipinski definition) is 2. The van der Waals surface area contributed by atoms with Crippen molar-refractivity contribution in [2.24, 2.45) is 5.92 Å². The first-order valence-electron chi connectivity index (χ1n) is 8.59. The standard InChI is InChI=1S/C19H33NO/c1-16(2)8-6-4-5-7-15-20-17(3)9-10-18-11-13-19(21)14-12-18/h11-14,16-17,20-21H,4-10,15H2,1-3H3. The van der Waals surface area contributed by atoms with E-state index in [4.69, 9.17) is 0 Å². The second-order valence-corrected chi connectivity index (χ2v) is 6.66. The highest BCUT2D eigenvalue weighted by Crippen LogP contribution is 2.12. The molecule has 1 aromatic rings. The smallest absolute Gasteiger partial charge is 0.115 e. The Labute approximate surface area is 131 Å². The quantitative estimate of drug-likeness (QED) is 0.568. The number of phenolic OH excluding ortho intramolecular Hbond substituents is 1. The van der Waals surface area contributed by atoms with Crippen LogP contribution in [-0.2, 0) is 6.42 Å². The molecule has 0 radical (unpaired) electrons. The first-order chi connectivity index (χ1) is 10.1. The van der Waals surface area contributed by atoms with Crippen molar-refractivity contribution in [3.63, 3.8) is 0 Å². The molecule has 21 heavy (non-hydrogen) atoms. The first kappa shape index (κ1) is 18.0. The molecule has 0 aromatic heterocycles. The van der Waals surface area contributed by atoms with Crippen LogP contribution >= 0.6 is 0 Å². The van der Waals surface area contributed by atoms with Crippen molar-refractivity contribution in [1.29, 1.82) is 0 Å². The second kappa shape index (κ2) is 10.7. The van der Waals surface area contributed by atoms with Gasteiger partial charge >= 0.3 is 0 Å². The topological polar surface area (TPSA) is 32.3 Å². The third-order valence-electron chi connectivity index (χ3n) is 4.00. The van der Waals surface area contributed by atoms with Crippen molar-refractivity contribution >= 4 is 0 Å². The van der Waals surface area contributed by atoms with Gasteiger partial charge in [0, 0.05) is 6.04 Å². The molecule has 0 fully saturated rings. The molecule has 0 saturated carbocycles. The fraction of sp³-hybridized carbons (Fsp3) is 0.684. The molecule has 0 heterocycles. The summed E-state index contributed by atoms with van der Waals surface area (Å²) < 4.78 is 0. The van der Waals surface area contributed by atoms with Gasteiger partial charge in [0.15, 0.2) is 0 Å². The molecule has 1 atom stereocenters. The molecule has 0 saturated heterocycles. The van der Waals surface area contributed by atoms with E-state index >= 15 is 0 Å². The van der Waals surface area contributed by atoms with Crippen LogP contribution in [-0.4, -0.2) is 17.7 Å². The van der Waals surface area contributed by atoms with Crippen LogP contribution in [0.1, 0.15) is 64.9 Å². The molecule has 1 rings (SSSR count). The van der Waals surface area contributed by atoms with E-state index in [-0.39, 0.29) is 0 Å². The highest BCUT2D eigenvalue weighted by molar-refractivity contribution is 5.25. The van der Waals surface area contributed by atoms with Crippen LogP contribution in [0.4, 0.5) is 0 Å². The lowest BCUT2D eigenvalue weighted by Gasteiger charge is -2.14. The maximum absolute atomic E-state index is 9.26. The number of hydrogen-bond acceptors (Lipinski definition) is 2. The zero-order valence-corrected chi connectivity index (χ0v) is 14.1. The zero-order valence-electron chi connectivity index (χ0n) is 14.1. The molecule has 2 nitrogen and oxygen atoms in total. The molecule has 2 N–H and O–H groups in total. The Bertz CT molecular complexity index is 358. The molecule has 1 unspecified atom stereocenters. The number of aryl methyl sites for hydroxylation is 1. The minimum absolute atomic E-state index is 0.349. The van der Waals surface area contributed by atoms with Crippen molar-refractivity contribution < 1.29 is 5.11 Å². The highest BCUT2D eigenvalue weighted by Gasteiger charge is 2.02. The molecule has 0 aliphatic rings. The van der Waals surface area contributed by atoms with Gasteiger partial charge in [-0.2, -0.15) is 0 Å². The Morgan fingerprint density at radius 3 is 2.24 bits per heavy atom. The molecular weight excluding hydrogens is 258 g/mol. The summed E-state index contributed by atoms with van der Waals surface area (Å²) in [5, 5.41) is 12.9. The lowest BCUT2D eigenvalue weighted by molar-refractivity contribution is 0.473. The predicted molar refractivity (Wildman–Crippen MR) is 91.8 cm³/mol. The fourth-order valence-electron chi connectivity index (χ4n) is 2.53. The third kappa shape index (κ3) is 9.52. The van der Waals surface area contributed by atoms with E-state index in [1.165, 1.54) is 37.7 Å². The number of nitrogens with one attached hydrogen (secondary N) is 1. The van der Waals surface area contributed by atoms with Crippen molar-refractivity contribution in [2.45, 2.75) is 71.8 Å². The molecule has 0 amide bonds. The van der Waals surface area contributed by atoms with Crippen LogP contribution < -0.4 is 5.32 Å². The minimum Gasteiger partial charge on any atom is -0.508 e. The molecule has 120 valence electrons. The van der Waals surface area contributed by atoms with E-state index in [0.717, 1.165) is 25.3 Å². The van der Waals surface area contributed by atoms with Gasteiger partial charge in [0.2, 0.25) is 0 Å². The highest BCUT2D eigenvalue weighted by atomic mass is 16.3. The van der Waals surface area contributed by atoms with Gasteiger partial charge in [-0.25, -0.2) is 0 Å². The lowest BCUT2D eigenvalue weighted by atomic mass is 10.0. The maximum atomic E-state index is 9.26. The lowest BCUT2D eigenvalue weighted by Crippen LogP contribution is -2.27. The summed E-state index contributed by atoms with van der Waals surface area (Å²) in [5.41, 5.74) is 1.30. The number of rotatable bonds is 11. The van der Waals surface area contributed by atoms with Crippen molar-refractivity contribution in [3.8, 4) is 5.75 Å². The van der Waals surface area contributed by atoms with Gasteiger partial charge in [0.05, 0.1) is 0 Å². The SMILES string of the molecule is CC(C)CCCCCCNC(C)CCc1ccc(O)cc1. The Morgan fingerprint density at radius 1 is 0.905 bits per heavy atom. The first-order valence-corrected chi connectivity index (χ1v) is 8.59. The Kier molecular flexibility index (Phi) is 9.16. The summed E-state index contributed by atoms with van der Waals surface area (Å²) in [7, 11) is 0. The van der Waals surface area contributed by atoms with Gasteiger partial charge < -0.3 is 10.4 Å². The van der Waals surface area contributed by atoms with E-state index in [1.54, 1.807) is 12.1 Å². The summed E-state index contributed by atoms with van der Waals surface area (Å²) in [5.74, 6) is 1.20. The Hall–Kier alpha value is -1.02. The van der Waals surface area contributed by atoms with E-state index < -0.39 is 0 Å². The summed E-state index contributed by atoms with van der Waals surface area (Å²) in [4.78, 5) is 0. The van der Waals surface area contributed by atoms with Crippen LogP contribution in [0.2, 0.25) is 0 Å². The monoisotopic (exact) mass is 291 g/mol. The van der Waals surface area contributed by atoms with Gasteiger partial charge in [0.1, 0.15) is 5.75 Å². The van der Waals surface area contributed by atoms with Gasteiger partial charge in [-0.3, -0.25) is 0 Å². The number of phenols is 1. The maximum Gasteiger partial charge on any atom is 0.115 e. The van der Waals surface area contributed by atoms with Gasteiger partial charge in [0.25, 0.3) is 0 Å². The predicted octanol–water partition coefficient (Wildman–Crippen LogP) is 4.91. The summed E-state index contributed by atoms with van der Waals surface area (Å²) in [6.07, 6.45) is 9.00. The zero-order chi connectivity index (χ0) is 15.5. The van der Waals surface area contributed by atoms with E-state index in [0.29, 0.717) is 11.8 Å². The second-order valence-electron chi connectivity index (χ2n) is 6.66. The fourth-order valence-corrected chi connectivity index (χ4v) is 2.53.